The van der Waals surface area contributed by atoms with Gasteiger partial charge in [0, 0.05) is 21.2 Å². The van der Waals surface area contributed by atoms with Gasteiger partial charge in [0.15, 0.2) is 0 Å². The van der Waals surface area contributed by atoms with Gasteiger partial charge < -0.3 is 0 Å². The fourth-order valence-corrected chi connectivity index (χ4v) is 4.51. The number of benzene rings is 4. The third-order valence-corrected chi connectivity index (χ3v) is 6.46. The zero-order chi connectivity index (χ0) is 23.6. The minimum Gasteiger partial charge on any atom is -0.252 e. The van der Waals surface area contributed by atoms with Crippen LogP contribution in [0.2, 0.25) is 0 Å². The summed E-state index contributed by atoms with van der Waals surface area (Å²) in [5.41, 5.74) is 8.48. The number of fused-ring (bicyclic) bond motifs is 1. The lowest BCUT2D eigenvalue weighted by molar-refractivity contribution is 0.655. The van der Waals surface area contributed by atoms with E-state index in [2.05, 4.69) is 67.6 Å². The summed E-state index contributed by atoms with van der Waals surface area (Å²) in [5, 5.41) is 9.27. The van der Waals surface area contributed by atoms with Gasteiger partial charge in [-0.25, -0.2) is 9.67 Å². The standard InChI is InChI=1S/C29H20BrN5/c30-22-16-14-20(15-17-22)19-35-29(21-8-2-1-3-9-21)28(33-34-35)24-11-5-4-10-23(24)27-18-31-25-12-6-7-13-26(25)32-27/h1-18H,19H2. The van der Waals surface area contributed by atoms with Crippen molar-refractivity contribution in [2.24, 2.45) is 0 Å². The number of hydrogen-bond donors (Lipinski definition) is 0. The second-order valence-electron chi connectivity index (χ2n) is 8.23. The normalized spacial score (nSPS) is 11.1. The summed E-state index contributed by atoms with van der Waals surface area (Å²) in [4.78, 5) is 9.53. The maximum absolute atomic E-state index is 4.89. The molecular formula is C29H20BrN5. The van der Waals surface area contributed by atoms with E-state index >= 15 is 0 Å². The number of aromatic nitrogens is 5. The minimum absolute atomic E-state index is 0.614. The van der Waals surface area contributed by atoms with Crippen LogP contribution < -0.4 is 0 Å². The van der Waals surface area contributed by atoms with E-state index in [-0.39, 0.29) is 0 Å². The number of nitrogens with zero attached hydrogens (tertiary/aromatic N) is 5. The van der Waals surface area contributed by atoms with Crippen LogP contribution in [0.5, 0.6) is 0 Å². The maximum atomic E-state index is 4.89. The molecule has 0 saturated carbocycles. The van der Waals surface area contributed by atoms with E-state index in [0.717, 1.165) is 54.8 Å². The van der Waals surface area contributed by atoms with Crippen LogP contribution in [0.4, 0.5) is 0 Å². The van der Waals surface area contributed by atoms with Gasteiger partial charge in [-0.05, 0) is 29.8 Å². The van der Waals surface area contributed by atoms with E-state index < -0.39 is 0 Å². The zero-order valence-corrected chi connectivity index (χ0v) is 20.3. The van der Waals surface area contributed by atoms with Crippen LogP contribution >= 0.6 is 15.9 Å². The summed E-state index contributed by atoms with van der Waals surface area (Å²) >= 11 is 3.52. The van der Waals surface area contributed by atoms with Crippen molar-refractivity contribution in [3.05, 3.63) is 119 Å². The van der Waals surface area contributed by atoms with Gasteiger partial charge in [-0.1, -0.05) is 100 Å². The van der Waals surface area contributed by atoms with E-state index in [1.807, 2.05) is 77.6 Å². The second-order valence-corrected chi connectivity index (χ2v) is 9.14. The lowest BCUT2D eigenvalue weighted by Gasteiger charge is -2.12. The molecule has 0 aliphatic rings. The van der Waals surface area contributed by atoms with Gasteiger partial charge in [0.25, 0.3) is 0 Å². The quantitative estimate of drug-likeness (QED) is 0.246. The Morgan fingerprint density at radius 1 is 0.686 bits per heavy atom. The molecule has 0 radical (unpaired) electrons. The molecule has 0 fully saturated rings. The molecule has 4 aromatic carbocycles. The van der Waals surface area contributed by atoms with E-state index in [1.165, 1.54) is 0 Å². The fourth-order valence-electron chi connectivity index (χ4n) is 4.25. The van der Waals surface area contributed by atoms with Crippen LogP contribution in [-0.4, -0.2) is 25.0 Å². The number of rotatable bonds is 5. The summed E-state index contributed by atoms with van der Waals surface area (Å²) in [7, 11) is 0. The van der Waals surface area contributed by atoms with Crippen LogP contribution in [0.3, 0.4) is 0 Å². The predicted molar refractivity (Wildman–Crippen MR) is 143 cm³/mol. The van der Waals surface area contributed by atoms with E-state index in [9.17, 15) is 0 Å². The molecule has 168 valence electrons. The Morgan fingerprint density at radius 3 is 2.17 bits per heavy atom. The molecule has 0 amide bonds. The summed E-state index contributed by atoms with van der Waals surface area (Å²) in [6, 6.07) is 34.7. The highest BCUT2D eigenvalue weighted by molar-refractivity contribution is 9.10. The van der Waals surface area contributed by atoms with Crippen molar-refractivity contribution < 1.29 is 0 Å². The number of halogens is 1. The lowest BCUT2D eigenvalue weighted by Crippen LogP contribution is -2.04. The summed E-state index contributed by atoms with van der Waals surface area (Å²) in [6.45, 7) is 0.614. The maximum Gasteiger partial charge on any atom is 0.121 e. The van der Waals surface area contributed by atoms with Crippen molar-refractivity contribution >= 4 is 27.0 Å². The molecule has 0 aliphatic heterocycles. The Labute approximate surface area is 211 Å². The van der Waals surface area contributed by atoms with Crippen molar-refractivity contribution in [1.82, 2.24) is 25.0 Å². The van der Waals surface area contributed by atoms with Crippen LogP contribution in [0.25, 0.3) is 44.8 Å². The third kappa shape index (κ3) is 4.24. The molecular weight excluding hydrogens is 498 g/mol. The first kappa shape index (κ1) is 21.4. The summed E-state index contributed by atoms with van der Waals surface area (Å²) < 4.78 is 3.02. The molecule has 0 saturated heterocycles. The average molecular weight is 518 g/mol. The van der Waals surface area contributed by atoms with Crippen molar-refractivity contribution in [2.75, 3.05) is 0 Å². The molecule has 2 heterocycles. The first-order valence-electron chi connectivity index (χ1n) is 11.3. The average Bonchev–Trinajstić information content (AvgIpc) is 3.33. The van der Waals surface area contributed by atoms with Gasteiger partial charge in [0.2, 0.25) is 0 Å². The largest absolute Gasteiger partial charge is 0.252 e. The monoisotopic (exact) mass is 517 g/mol. The molecule has 6 rings (SSSR count). The second kappa shape index (κ2) is 9.24. The van der Waals surface area contributed by atoms with Crippen molar-refractivity contribution in [3.63, 3.8) is 0 Å². The Kier molecular flexibility index (Phi) is 5.64. The Morgan fingerprint density at radius 2 is 1.37 bits per heavy atom. The molecule has 6 aromatic rings. The predicted octanol–water partition coefficient (Wildman–Crippen LogP) is 7.03. The minimum atomic E-state index is 0.614. The third-order valence-electron chi connectivity index (χ3n) is 5.93. The Hall–Kier alpha value is -4.16. The van der Waals surface area contributed by atoms with E-state index in [1.54, 1.807) is 0 Å². The number of para-hydroxylation sites is 2. The topological polar surface area (TPSA) is 56.5 Å². The molecule has 0 N–H and O–H groups in total. The van der Waals surface area contributed by atoms with Gasteiger partial charge in [0.1, 0.15) is 5.69 Å². The van der Waals surface area contributed by atoms with Crippen LogP contribution in [0, 0.1) is 0 Å². The molecule has 0 unspecified atom stereocenters. The van der Waals surface area contributed by atoms with Crippen LogP contribution in [-0.2, 0) is 6.54 Å². The first-order valence-corrected chi connectivity index (χ1v) is 12.1. The molecule has 2 aromatic heterocycles. The van der Waals surface area contributed by atoms with Gasteiger partial charge in [-0.2, -0.15) is 0 Å². The number of hydrogen-bond acceptors (Lipinski definition) is 4. The van der Waals surface area contributed by atoms with E-state index in [0.29, 0.717) is 6.54 Å². The molecule has 6 heteroatoms. The smallest absolute Gasteiger partial charge is 0.121 e. The fraction of sp³-hybridized carbons (Fsp3) is 0.0345. The SMILES string of the molecule is Brc1ccc(Cn2nnc(-c3ccccc3-c3cnc4ccccc4n3)c2-c2ccccc2)cc1. The Bertz CT molecular complexity index is 1630. The highest BCUT2D eigenvalue weighted by Crippen LogP contribution is 2.36. The molecule has 35 heavy (non-hydrogen) atoms. The molecule has 0 bridgehead atoms. The van der Waals surface area contributed by atoms with Gasteiger partial charge in [0.05, 0.1) is 35.2 Å². The highest BCUT2D eigenvalue weighted by Gasteiger charge is 2.20. The van der Waals surface area contributed by atoms with Crippen molar-refractivity contribution in [1.29, 1.82) is 0 Å². The molecule has 5 nitrogen and oxygen atoms in total. The summed E-state index contributed by atoms with van der Waals surface area (Å²) in [5.74, 6) is 0. The van der Waals surface area contributed by atoms with Crippen LogP contribution in [0.15, 0.2) is 114 Å². The zero-order valence-electron chi connectivity index (χ0n) is 18.7. The van der Waals surface area contributed by atoms with Crippen molar-refractivity contribution in [2.45, 2.75) is 6.54 Å². The van der Waals surface area contributed by atoms with Gasteiger partial charge in [-0.3, -0.25) is 4.98 Å². The molecule has 0 atom stereocenters. The summed E-state index contributed by atoms with van der Waals surface area (Å²) in [6.07, 6.45) is 1.83. The Balaban J connectivity index is 1.51. The van der Waals surface area contributed by atoms with Gasteiger partial charge in [-0.15, -0.1) is 5.10 Å². The van der Waals surface area contributed by atoms with Crippen LogP contribution in [0.1, 0.15) is 5.56 Å². The van der Waals surface area contributed by atoms with E-state index in [4.69, 9.17) is 4.98 Å². The van der Waals surface area contributed by atoms with Crippen molar-refractivity contribution in [3.8, 4) is 33.8 Å². The van der Waals surface area contributed by atoms with Gasteiger partial charge >= 0.3 is 0 Å². The highest BCUT2D eigenvalue weighted by atomic mass is 79.9. The lowest BCUT2D eigenvalue weighted by atomic mass is 9.98. The molecule has 0 aliphatic carbocycles. The first-order chi connectivity index (χ1) is 17.3. The molecule has 0 spiro atoms.